The Morgan fingerprint density at radius 3 is 2.47 bits per heavy atom. The van der Waals surface area contributed by atoms with E-state index in [1.54, 1.807) is 0 Å². The quantitative estimate of drug-likeness (QED) is 0.765. The molecule has 4 heteroatoms. The van der Waals surface area contributed by atoms with Crippen LogP contribution in [0, 0.1) is 5.92 Å². The molecule has 1 aliphatic rings. The molecule has 1 fully saturated rings. The predicted octanol–water partition coefficient (Wildman–Crippen LogP) is 1.69. The molecule has 4 nitrogen and oxygen atoms in total. The summed E-state index contributed by atoms with van der Waals surface area (Å²) in [6.07, 6.45) is 4.48. The summed E-state index contributed by atoms with van der Waals surface area (Å²) in [7, 11) is 0. The number of nitrogens with two attached hydrogens (primary N) is 1. The minimum atomic E-state index is 0.274. The van der Waals surface area contributed by atoms with E-state index in [9.17, 15) is 4.79 Å². The van der Waals surface area contributed by atoms with Gasteiger partial charge in [0, 0.05) is 25.7 Å². The minimum Gasteiger partial charge on any atom is -0.342 e. The molecule has 0 bridgehead atoms. The predicted molar refractivity (Wildman–Crippen MR) is 80.0 cm³/mol. The van der Waals surface area contributed by atoms with Crippen LogP contribution in [0.2, 0.25) is 0 Å². The van der Waals surface area contributed by atoms with Gasteiger partial charge in [-0.15, -0.1) is 0 Å². The molecule has 0 aliphatic carbocycles. The van der Waals surface area contributed by atoms with Crippen molar-refractivity contribution >= 4 is 5.91 Å². The van der Waals surface area contributed by atoms with Crippen LogP contribution in [-0.4, -0.2) is 54.5 Å². The molecular weight excluding hydrogens is 238 g/mol. The van der Waals surface area contributed by atoms with Crippen molar-refractivity contribution in [2.45, 2.75) is 52.5 Å². The fourth-order valence-corrected chi connectivity index (χ4v) is 3.09. The molecule has 0 aromatic carbocycles. The van der Waals surface area contributed by atoms with Crippen LogP contribution < -0.4 is 5.73 Å². The highest BCUT2D eigenvalue weighted by atomic mass is 16.2. The number of carbonyl (C=O) groups excluding carboxylic acids is 1. The Morgan fingerprint density at radius 1 is 1.32 bits per heavy atom. The van der Waals surface area contributed by atoms with Crippen molar-refractivity contribution < 1.29 is 4.79 Å². The normalized spacial score (nSPS) is 24.4. The molecule has 1 heterocycles. The van der Waals surface area contributed by atoms with Crippen molar-refractivity contribution in [1.29, 1.82) is 0 Å². The highest BCUT2D eigenvalue weighted by Gasteiger charge is 2.29. The largest absolute Gasteiger partial charge is 0.342 e. The Labute approximate surface area is 118 Å². The molecule has 2 N–H and O–H groups in total. The first-order valence-electron chi connectivity index (χ1n) is 7.85. The molecule has 1 aliphatic heterocycles. The van der Waals surface area contributed by atoms with Crippen LogP contribution in [0.25, 0.3) is 0 Å². The zero-order valence-electron chi connectivity index (χ0n) is 12.9. The van der Waals surface area contributed by atoms with Gasteiger partial charge in [-0.3, -0.25) is 9.69 Å². The van der Waals surface area contributed by atoms with Crippen molar-refractivity contribution in [2.75, 3.05) is 32.7 Å². The fourth-order valence-electron chi connectivity index (χ4n) is 3.09. The first-order valence-corrected chi connectivity index (χ1v) is 7.85. The van der Waals surface area contributed by atoms with Gasteiger partial charge in [0.15, 0.2) is 0 Å². The fraction of sp³-hybridized carbons (Fsp3) is 0.933. The van der Waals surface area contributed by atoms with Gasteiger partial charge in [0.05, 0.1) is 6.54 Å². The molecule has 2 unspecified atom stereocenters. The Hall–Kier alpha value is -0.610. The first-order chi connectivity index (χ1) is 9.13. The van der Waals surface area contributed by atoms with Crippen molar-refractivity contribution in [2.24, 2.45) is 11.7 Å². The lowest BCUT2D eigenvalue weighted by Gasteiger charge is -2.39. The van der Waals surface area contributed by atoms with Crippen molar-refractivity contribution in [3.05, 3.63) is 0 Å². The number of piperidine rings is 1. The Bertz CT molecular complexity index is 264. The average molecular weight is 269 g/mol. The van der Waals surface area contributed by atoms with Gasteiger partial charge in [-0.25, -0.2) is 0 Å². The average Bonchev–Trinajstić information content (AvgIpc) is 2.38. The summed E-state index contributed by atoms with van der Waals surface area (Å²) in [5, 5.41) is 0. The van der Waals surface area contributed by atoms with E-state index in [1.807, 2.05) is 4.90 Å². The molecule has 1 saturated heterocycles. The van der Waals surface area contributed by atoms with Crippen LogP contribution in [-0.2, 0) is 4.79 Å². The lowest BCUT2D eigenvalue weighted by molar-refractivity contribution is -0.133. The molecule has 2 atom stereocenters. The molecule has 1 rings (SSSR count). The number of nitrogens with zero attached hydrogens (tertiary/aromatic N) is 2. The third kappa shape index (κ3) is 4.77. The van der Waals surface area contributed by atoms with E-state index in [1.165, 1.54) is 12.8 Å². The molecule has 0 saturated carbocycles. The molecule has 0 aromatic heterocycles. The molecule has 0 radical (unpaired) electrons. The van der Waals surface area contributed by atoms with E-state index in [0.717, 1.165) is 32.5 Å². The summed E-state index contributed by atoms with van der Waals surface area (Å²) in [6.45, 7) is 10.5. The van der Waals surface area contributed by atoms with E-state index in [2.05, 4.69) is 25.7 Å². The first kappa shape index (κ1) is 16.4. The highest BCUT2D eigenvalue weighted by Crippen LogP contribution is 2.22. The van der Waals surface area contributed by atoms with Crippen molar-refractivity contribution in [1.82, 2.24) is 9.80 Å². The van der Waals surface area contributed by atoms with E-state index < -0.39 is 0 Å². The monoisotopic (exact) mass is 269 g/mol. The molecule has 1 amide bonds. The van der Waals surface area contributed by atoms with Crippen molar-refractivity contribution in [3.63, 3.8) is 0 Å². The number of hydrogen-bond donors (Lipinski definition) is 1. The second-order valence-corrected chi connectivity index (χ2v) is 5.77. The van der Waals surface area contributed by atoms with E-state index in [4.69, 9.17) is 5.73 Å². The summed E-state index contributed by atoms with van der Waals surface area (Å²) in [5.74, 6) is 0.883. The lowest BCUT2D eigenvalue weighted by atomic mass is 9.91. The van der Waals surface area contributed by atoms with Gasteiger partial charge in [-0.1, -0.05) is 20.8 Å². The van der Waals surface area contributed by atoms with Gasteiger partial charge in [0.25, 0.3) is 0 Å². The third-order valence-corrected chi connectivity index (χ3v) is 4.15. The summed E-state index contributed by atoms with van der Waals surface area (Å²) in [4.78, 5) is 16.7. The summed E-state index contributed by atoms with van der Waals surface area (Å²) < 4.78 is 0. The maximum absolute atomic E-state index is 12.4. The maximum Gasteiger partial charge on any atom is 0.236 e. The van der Waals surface area contributed by atoms with Gasteiger partial charge < -0.3 is 10.6 Å². The van der Waals surface area contributed by atoms with E-state index in [-0.39, 0.29) is 5.91 Å². The summed E-state index contributed by atoms with van der Waals surface area (Å²) in [6, 6.07) is 0.378. The molecule has 0 spiro atoms. The summed E-state index contributed by atoms with van der Waals surface area (Å²) >= 11 is 0. The van der Waals surface area contributed by atoms with Gasteiger partial charge in [0.1, 0.15) is 0 Å². The van der Waals surface area contributed by atoms with Crippen molar-refractivity contribution in [3.8, 4) is 0 Å². The molecule has 0 aromatic rings. The molecule has 19 heavy (non-hydrogen) atoms. The number of likely N-dealkylation sites (tertiary alicyclic amines) is 1. The molecule has 112 valence electrons. The second kappa shape index (κ2) is 8.54. The zero-order chi connectivity index (χ0) is 14.3. The third-order valence-electron chi connectivity index (χ3n) is 4.15. The SMILES string of the molecule is CCCN(CCC)C(=O)CN1CCCC(C)C1CN. The smallest absolute Gasteiger partial charge is 0.236 e. The topological polar surface area (TPSA) is 49.6 Å². The Morgan fingerprint density at radius 2 is 1.95 bits per heavy atom. The van der Waals surface area contributed by atoms with Crippen LogP contribution in [0.1, 0.15) is 46.5 Å². The lowest BCUT2D eigenvalue weighted by Crippen LogP contribution is -2.52. The number of amides is 1. The Balaban J connectivity index is 2.57. The number of hydrogen-bond acceptors (Lipinski definition) is 3. The van der Waals surface area contributed by atoms with Gasteiger partial charge in [-0.05, 0) is 38.1 Å². The molecular formula is C15H31N3O. The standard InChI is InChI=1S/C15H31N3O/c1-4-8-17(9-5-2)15(19)12-18-10-6-7-13(3)14(18)11-16/h13-14H,4-12,16H2,1-3H3. The number of rotatable bonds is 7. The number of carbonyl (C=O) groups is 1. The highest BCUT2D eigenvalue weighted by molar-refractivity contribution is 5.78. The zero-order valence-corrected chi connectivity index (χ0v) is 12.9. The maximum atomic E-state index is 12.4. The van der Waals surface area contributed by atoms with E-state index >= 15 is 0 Å². The van der Waals surface area contributed by atoms with E-state index in [0.29, 0.717) is 25.0 Å². The van der Waals surface area contributed by atoms with Gasteiger partial charge in [0.2, 0.25) is 5.91 Å². The van der Waals surface area contributed by atoms with Gasteiger partial charge in [-0.2, -0.15) is 0 Å². The summed E-state index contributed by atoms with van der Waals surface area (Å²) in [5.41, 5.74) is 5.89. The van der Waals surface area contributed by atoms with Crippen LogP contribution in [0.4, 0.5) is 0 Å². The van der Waals surface area contributed by atoms with Crippen LogP contribution in [0.15, 0.2) is 0 Å². The van der Waals surface area contributed by atoms with Crippen LogP contribution in [0.5, 0.6) is 0 Å². The van der Waals surface area contributed by atoms with Crippen LogP contribution in [0.3, 0.4) is 0 Å². The second-order valence-electron chi connectivity index (χ2n) is 5.77. The minimum absolute atomic E-state index is 0.274. The Kier molecular flexibility index (Phi) is 7.39. The van der Waals surface area contributed by atoms with Gasteiger partial charge >= 0.3 is 0 Å². The van der Waals surface area contributed by atoms with Crippen LogP contribution >= 0.6 is 0 Å².